The summed E-state index contributed by atoms with van der Waals surface area (Å²) in [5, 5.41) is 8.64. The van der Waals surface area contributed by atoms with E-state index in [0.717, 1.165) is 5.69 Å². The number of aromatic nitrogens is 1. The van der Waals surface area contributed by atoms with Gasteiger partial charge in [0.05, 0.1) is 11.3 Å². The van der Waals surface area contributed by atoms with Crippen LogP contribution in [0.15, 0.2) is 23.9 Å². The Morgan fingerprint density at radius 3 is 2.60 bits per heavy atom. The monoisotopic (exact) mass is 198 g/mol. The molecule has 1 saturated carbocycles. The smallest absolute Gasteiger partial charge is 0.101 e. The van der Waals surface area contributed by atoms with Gasteiger partial charge in [0.25, 0.3) is 0 Å². The fourth-order valence-corrected chi connectivity index (χ4v) is 1.92. The maximum Gasteiger partial charge on any atom is 0.101 e. The van der Waals surface area contributed by atoms with Crippen molar-refractivity contribution < 1.29 is 0 Å². The molecular weight excluding hydrogens is 184 g/mol. The van der Waals surface area contributed by atoms with Crippen LogP contribution in [0.4, 0.5) is 0 Å². The lowest BCUT2D eigenvalue weighted by atomic mass is 9.94. The molecule has 0 saturated heterocycles. The number of rotatable bonds is 1. The third kappa shape index (κ3) is 2.66. The van der Waals surface area contributed by atoms with Crippen LogP contribution in [0.5, 0.6) is 0 Å². The molecule has 0 amide bonds. The molecule has 0 aliphatic heterocycles. The summed E-state index contributed by atoms with van der Waals surface area (Å²) in [4.78, 5) is 4.24. The Hall–Kier alpha value is -1.62. The van der Waals surface area contributed by atoms with Crippen LogP contribution < -0.4 is 0 Å². The molecule has 76 valence electrons. The highest BCUT2D eigenvalue weighted by Crippen LogP contribution is 2.24. The fourth-order valence-electron chi connectivity index (χ4n) is 1.92. The number of hydrogen-bond donors (Lipinski definition) is 0. The van der Waals surface area contributed by atoms with E-state index in [4.69, 9.17) is 5.26 Å². The molecule has 1 fully saturated rings. The third-order valence-corrected chi connectivity index (χ3v) is 2.76. The van der Waals surface area contributed by atoms with E-state index >= 15 is 0 Å². The number of pyridine rings is 1. The van der Waals surface area contributed by atoms with Crippen molar-refractivity contribution in [2.24, 2.45) is 0 Å². The molecule has 0 radical (unpaired) electrons. The van der Waals surface area contributed by atoms with Crippen LogP contribution in [0.2, 0.25) is 0 Å². The van der Waals surface area contributed by atoms with Crippen molar-refractivity contribution in [1.29, 1.82) is 5.26 Å². The molecule has 0 aromatic carbocycles. The summed E-state index contributed by atoms with van der Waals surface area (Å²) in [6, 6.07) is 5.81. The molecule has 0 unspecified atom stereocenters. The van der Waals surface area contributed by atoms with E-state index < -0.39 is 0 Å². The van der Waals surface area contributed by atoms with Gasteiger partial charge in [-0.05, 0) is 43.9 Å². The zero-order chi connectivity index (χ0) is 10.5. The quantitative estimate of drug-likeness (QED) is 0.694. The Kier molecular flexibility index (Phi) is 3.14. The first-order valence-corrected chi connectivity index (χ1v) is 5.44. The van der Waals surface area contributed by atoms with Crippen molar-refractivity contribution >= 4 is 6.08 Å². The van der Waals surface area contributed by atoms with Gasteiger partial charge in [-0.1, -0.05) is 12.0 Å². The highest BCUT2D eigenvalue weighted by molar-refractivity contribution is 5.49. The number of nitrogens with zero attached hydrogens (tertiary/aromatic N) is 2. The summed E-state index contributed by atoms with van der Waals surface area (Å²) in [5.74, 6) is 0. The highest BCUT2D eigenvalue weighted by Gasteiger charge is 2.05. The second kappa shape index (κ2) is 4.75. The Bertz CT molecular complexity index is 388. The molecule has 0 bridgehead atoms. The SMILES string of the molecule is N#Cc1ccc(C=C2CCCCC2)nc1. The van der Waals surface area contributed by atoms with Gasteiger partial charge in [0.1, 0.15) is 6.07 Å². The molecule has 2 nitrogen and oxygen atoms in total. The van der Waals surface area contributed by atoms with Crippen LogP contribution in [-0.4, -0.2) is 4.98 Å². The molecule has 0 atom stereocenters. The second-order valence-corrected chi connectivity index (χ2v) is 3.95. The first-order chi connectivity index (χ1) is 7.38. The van der Waals surface area contributed by atoms with E-state index in [-0.39, 0.29) is 0 Å². The topological polar surface area (TPSA) is 36.7 Å². The van der Waals surface area contributed by atoms with E-state index in [1.54, 1.807) is 6.20 Å². The summed E-state index contributed by atoms with van der Waals surface area (Å²) in [7, 11) is 0. The number of nitriles is 1. The Labute approximate surface area is 90.3 Å². The minimum Gasteiger partial charge on any atom is -0.256 e. The van der Waals surface area contributed by atoms with Gasteiger partial charge < -0.3 is 0 Å². The Morgan fingerprint density at radius 2 is 2.00 bits per heavy atom. The van der Waals surface area contributed by atoms with Crippen LogP contribution in [0.3, 0.4) is 0 Å². The van der Waals surface area contributed by atoms with Crippen LogP contribution in [0, 0.1) is 11.3 Å². The van der Waals surface area contributed by atoms with E-state index in [0.29, 0.717) is 5.56 Å². The van der Waals surface area contributed by atoms with E-state index in [1.165, 1.54) is 37.7 Å². The van der Waals surface area contributed by atoms with Crippen molar-refractivity contribution in [2.75, 3.05) is 0 Å². The molecule has 0 N–H and O–H groups in total. The zero-order valence-corrected chi connectivity index (χ0v) is 8.74. The molecule has 0 spiro atoms. The minimum atomic E-state index is 0.626. The second-order valence-electron chi connectivity index (χ2n) is 3.95. The van der Waals surface area contributed by atoms with E-state index in [2.05, 4.69) is 17.1 Å². The van der Waals surface area contributed by atoms with Gasteiger partial charge in [0, 0.05) is 6.20 Å². The molecule has 1 aromatic heterocycles. The standard InChI is InChI=1S/C13H14N2/c14-9-12-6-7-13(15-10-12)8-11-4-2-1-3-5-11/h6-8,10H,1-5H2. The zero-order valence-electron chi connectivity index (χ0n) is 8.74. The molecule has 1 aliphatic carbocycles. The number of allylic oxidation sites excluding steroid dienone is 1. The molecule has 1 heterocycles. The van der Waals surface area contributed by atoms with Crippen molar-refractivity contribution in [3.63, 3.8) is 0 Å². The van der Waals surface area contributed by atoms with Crippen molar-refractivity contribution in [1.82, 2.24) is 4.98 Å². The summed E-state index contributed by atoms with van der Waals surface area (Å²) in [6.45, 7) is 0. The normalized spacial score (nSPS) is 15.8. The summed E-state index contributed by atoms with van der Waals surface area (Å²) >= 11 is 0. The predicted molar refractivity (Wildman–Crippen MR) is 60.0 cm³/mol. The molecule has 15 heavy (non-hydrogen) atoms. The molecule has 1 aromatic rings. The largest absolute Gasteiger partial charge is 0.256 e. The van der Waals surface area contributed by atoms with Crippen molar-refractivity contribution in [3.05, 3.63) is 35.2 Å². The lowest BCUT2D eigenvalue weighted by Crippen LogP contribution is -1.94. The maximum atomic E-state index is 8.64. The van der Waals surface area contributed by atoms with Crippen LogP contribution in [0.1, 0.15) is 43.4 Å². The van der Waals surface area contributed by atoms with Crippen LogP contribution >= 0.6 is 0 Å². The lowest BCUT2D eigenvalue weighted by Gasteiger charge is -2.12. The fraction of sp³-hybridized carbons (Fsp3) is 0.385. The van der Waals surface area contributed by atoms with Crippen LogP contribution in [0.25, 0.3) is 6.08 Å². The minimum absolute atomic E-state index is 0.626. The van der Waals surface area contributed by atoms with Crippen LogP contribution in [-0.2, 0) is 0 Å². The summed E-state index contributed by atoms with van der Waals surface area (Å²) < 4.78 is 0. The Balaban J connectivity index is 2.12. The third-order valence-electron chi connectivity index (χ3n) is 2.76. The lowest BCUT2D eigenvalue weighted by molar-refractivity contribution is 0.602. The van der Waals surface area contributed by atoms with Gasteiger partial charge in [0.2, 0.25) is 0 Å². The van der Waals surface area contributed by atoms with Crippen molar-refractivity contribution in [3.8, 4) is 6.07 Å². The van der Waals surface area contributed by atoms with Gasteiger partial charge in [-0.2, -0.15) is 5.26 Å². The van der Waals surface area contributed by atoms with Gasteiger partial charge in [0.15, 0.2) is 0 Å². The average Bonchev–Trinajstić information content (AvgIpc) is 2.31. The van der Waals surface area contributed by atoms with E-state index in [9.17, 15) is 0 Å². The molecule has 2 heteroatoms. The molecule has 2 rings (SSSR count). The first kappa shape index (κ1) is 9.92. The van der Waals surface area contributed by atoms with E-state index in [1.807, 2.05) is 12.1 Å². The molecule has 1 aliphatic rings. The van der Waals surface area contributed by atoms with Gasteiger partial charge in [-0.15, -0.1) is 0 Å². The van der Waals surface area contributed by atoms with Gasteiger partial charge in [-0.25, -0.2) is 0 Å². The average molecular weight is 198 g/mol. The maximum absolute atomic E-state index is 8.64. The highest BCUT2D eigenvalue weighted by atomic mass is 14.7. The van der Waals surface area contributed by atoms with Crippen molar-refractivity contribution in [2.45, 2.75) is 32.1 Å². The predicted octanol–water partition coefficient (Wildman–Crippen LogP) is 3.30. The number of hydrogen-bond acceptors (Lipinski definition) is 2. The summed E-state index contributed by atoms with van der Waals surface area (Å²) in [6.07, 6.45) is 10.2. The van der Waals surface area contributed by atoms with Gasteiger partial charge >= 0.3 is 0 Å². The first-order valence-electron chi connectivity index (χ1n) is 5.44. The molecular formula is C13H14N2. The summed E-state index contributed by atoms with van der Waals surface area (Å²) in [5.41, 5.74) is 3.10. The van der Waals surface area contributed by atoms with Gasteiger partial charge in [-0.3, -0.25) is 4.98 Å². The Morgan fingerprint density at radius 1 is 1.20 bits per heavy atom.